The zero-order chi connectivity index (χ0) is 26.8. The number of nitrogens with one attached hydrogen (secondary N) is 4. The van der Waals surface area contributed by atoms with Crippen molar-refractivity contribution in [2.75, 3.05) is 25.0 Å². The first-order valence-corrected chi connectivity index (χ1v) is 12.9. The highest BCUT2D eigenvalue weighted by Gasteiger charge is 2.37. The molecule has 0 radical (unpaired) electrons. The summed E-state index contributed by atoms with van der Waals surface area (Å²) in [5, 5.41) is 17.4. The maximum Gasteiger partial charge on any atom is 0.251 e. The largest absolute Gasteiger partial charge is 0.490 e. The van der Waals surface area contributed by atoms with E-state index < -0.39 is 23.2 Å². The monoisotopic (exact) mass is 531 g/mol. The van der Waals surface area contributed by atoms with Crippen LogP contribution in [0.3, 0.4) is 0 Å². The number of carbonyl (C=O) groups is 1. The van der Waals surface area contributed by atoms with Gasteiger partial charge in [0.1, 0.15) is 5.82 Å². The van der Waals surface area contributed by atoms with Gasteiger partial charge in [0.2, 0.25) is 0 Å². The molecule has 0 spiro atoms. The molecule has 0 saturated carbocycles. The van der Waals surface area contributed by atoms with Crippen LogP contribution in [0.5, 0.6) is 5.75 Å². The number of H-pyrrole nitrogens is 1. The highest BCUT2D eigenvalue weighted by molar-refractivity contribution is 5.95. The van der Waals surface area contributed by atoms with Gasteiger partial charge in [-0.25, -0.2) is 13.8 Å². The van der Waals surface area contributed by atoms with E-state index in [-0.39, 0.29) is 23.8 Å². The summed E-state index contributed by atoms with van der Waals surface area (Å²) < 4.78 is 34.1. The predicted molar refractivity (Wildman–Crippen MR) is 140 cm³/mol. The summed E-state index contributed by atoms with van der Waals surface area (Å²) in [4.78, 5) is 22.1. The normalized spacial score (nSPS) is 18.1. The van der Waals surface area contributed by atoms with Crippen LogP contribution in [0, 0.1) is 11.6 Å². The number of aromatic amines is 1. The number of pyridine rings is 1. The molecule has 1 atom stereocenters. The molecule has 0 aliphatic carbocycles. The molecule has 1 fully saturated rings. The van der Waals surface area contributed by atoms with E-state index in [9.17, 15) is 13.6 Å². The number of rotatable bonds is 6. The predicted octanol–water partition coefficient (Wildman–Crippen LogP) is 4.09. The lowest BCUT2D eigenvalue weighted by molar-refractivity contribution is 0.0922. The average Bonchev–Trinajstić information content (AvgIpc) is 3.48. The van der Waals surface area contributed by atoms with Crippen molar-refractivity contribution in [1.29, 1.82) is 0 Å². The molecule has 2 aromatic heterocycles. The van der Waals surface area contributed by atoms with Gasteiger partial charge < -0.3 is 20.7 Å². The quantitative estimate of drug-likeness (QED) is 0.296. The molecule has 1 amide bonds. The van der Waals surface area contributed by atoms with Gasteiger partial charge in [-0.1, -0.05) is 6.07 Å². The number of carbonyl (C=O) groups excluding carboxylic acids is 1. The van der Waals surface area contributed by atoms with Gasteiger partial charge in [0, 0.05) is 35.6 Å². The number of piperidine rings is 1. The summed E-state index contributed by atoms with van der Waals surface area (Å²) in [6.07, 6.45) is 5.23. The van der Waals surface area contributed by atoms with Crippen molar-refractivity contribution < 1.29 is 18.3 Å². The van der Waals surface area contributed by atoms with Crippen LogP contribution in [-0.4, -0.2) is 45.8 Å². The first kappa shape index (κ1) is 24.9. The zero-order valence-electron chi connectivity index (χ0n) is 21.0. The molecule has 9 nitrogen and oxygen atoms in total. The molecule has 1 saturated heterocycles. The van der Waals surface area contributed by atoms with Gasteiger partial charge in [-0.2, -0.15) is 5.10 Å². The van der Waals surface area contributed by atoms with Gasteiger partial charge in [-0.15, -0.1) is 0 Å². The molecular formula is C28H27F2N7O2. The molecule has 2 aromatic carbocycles. The number of hydrogen-bond donors (Lipinski definition) is 4. The maximum absolute atomic E-state index is 14.6. The second kappa shape index (κ2) is 10.4. The molecule has 0 unspecified atom stereocenters. The minimum Gasteiger partial charge on any atom is -0.490 e. The molecule has 6 rings (SSSR count). The van der Waals surface area contributed by atoms with E-state index in [1.807, 2.05) is 18.2 Å². The first-order chi connectivity index (χ1) is 19.0. The Morgan fingerprint density at radius 2 is 1.85 bits per heavy atom. The SMILES string of the molecule is O=C(N[C@H]1CCOc2c(F)ccc(F)c21)c1cccc(NC2(c3nc(-c4ccncc4)n[nH]3)CCNCC2)c1. The summed E-state index contributed by atoms with van der Waals surface area (Å²) in [6.45, 7) is 1.74. The molecule has 39 heavy (non-hydrogen) atoms. The fourth-order valence-electron chi connectivity index (χ4n) is 5.22. The third-order valence-corrected chi connectivity index (χ3v) is 7.24. The fourth-order valence-corrected chi connectivity index (χ4v) is 5.22. The lowest BCUT2D eigenvalue weighted by atomic mass is 9.87. The van der Waals surface area contributed by atoms with Crippen molar-refractivity contribution in [2.24, 2.45) is 0 Å². The van der Waals surface area contributed by atoms with E-state index in [1.54, 1.807) is 30.6 Å². The summed E-state index contributed by atoms with van der Waals surface area (Å²) in [5.74, 6) is -0.504. The molecule has 0 bridgehead atoms. The number of hydrogen-bond acceptors (Lipinski definition) is 7. The number of anilines is 1. The Morgan fingerprint density at radius 3 is 2.67 bits per heavy atom. The molecule has 2 aliphatic rings. The number of amides is 1. The molecule has 11 heteroatoms. The van der Waals surface area contributed by atoms with Gasteiger partial charge >= 0.3 is 0 Å². The van der Waals surface area contributed by atoms with Crippen LogP contribution < -0.4 is 20.7 Å². The molecule has 2 aliphatic heterocycles. The Balaban J connectivity index is 1.24. The van der Waals surface area contributed by atoms with Crippen LogP contribution in [0.2, 0.25) is 0 Å². The highest BCUT2D eigenvalue weighted by atomic mass is 19.1. The molecule has 4 aromatic rings. The van der Waals surface area contributed by atoms with E-state index in [1.165, 1.54) is 0 Å². The van der Waals surface area contributed by atoms with Gasteiger partial charge in [-0.05, 0) is 68.4 Å². The zero-order valence-corrected chi connectivity index (χ0v) is 21.0. The summed E-state index contributed by atoms with van der Waals surface area (Å²) in [7, 11) is 0. The summed E-state index contributed by atoms with van der Waals surface area (Å²) in [5.41, 5.74) is 1.49. The lowest BCUT2D eigenvalue weighted by Gasteiger charge is -2.37. The smallest absolute Gasteiger partial charge is 0.251 e. The number of fused-ring (bicyclic) bond motifs is 1. The van der Waals surface area contributed by atoms with E-state index >= 15 is 0 Å². The third-order valence-electron chi connectivity index (χ3n) is 7.24. The van der Waals surface area contributed by atoms with E-state index in [4.69, 9.17) is 9.72 Å². The second-order valence-corrected chi connectivity index (χ2v) is 9.72. The minimum absolute atomic E-state index is 0.0351. The number of benzene rings is 2. The van der Waals surface area contributed by atoms with Crippen LogP contribution in [0.4, 0.5) is 14.5 Å². The van der Waals surface area contributed by atoms with Crippen LogP contribution in [0.15, 0.2) is 60.9 Å². The van der Waals surface area contributed by atoms with Crippen molar-refractivity contribution in [3.8, 4) is 17.1 Å². The Hall–Kier alpha value is -4.38. The Bertz CT molecular complexity index is 1490. The molecule has 4 heterocycles. The standard InChI is InChI=1S/C28H27F2N7O2/c29-20-4-5-21(30)24-23(20)22(8-15-39-24)33-26(38)18-2-1-3-19(16-18)35-28(9-13-32-14-10-28)27-34-25(36-37-27)17-6-11-31-12-7-17/h1-7,11-12,16,22,32,35H,8-10,13-15H2,(H,33,38)(H,34,36,37)/t22-/m0/s1. The highest BCUT2D eigenvalue weighted by Crippen LogP contribution is 2.37. The number of halogens is 2. The van der Waals surface area contributed by atoms with Gasteiger partial charge in [-0.3, -0.25) is 14.9 Å². The van der Waals surface area contributed by atoms with Gasteiger partial charge in [0.25, 0.3) is 5.91 Å². The Morgan fingerprint density at radius 1 is 1.05 bits per heavy atom. The number of nitrogens with zero attached hydrogens (tertiary/aromatic N) is 3. The second-order valence-electron chi connectivity index (χ2n) is 9.72. The van der Waals surface area contributed by atoms with Crippen LogP contribution in [0.25, 0.3) is 11.4 Å². The summed E-state index contributed by atoms with van der Waals surface area (Å²) in [6, 6.07) is 12.2. The Kier molecular flexibility index (Phi) is 6.65. The topological polar surface area (TPSA) is 117 Å². The van der Waals surface area contributed by atoms with Gasteiger partial charge in [0.05, 0.1) is 23.8 Å². The van der Waals surface area contributed by atoms with Crippen molar-refractivity contribution >= 4 is 11.6 Å². The molecular weight excluding hydrogens is 504 g/mol. The molecule has 200 valence electrons. The van der Waals surface area contributed by atoms with E-state index in [0.29, 0.717) is 23.6 Å². The average molecular weight is 532 g/mol. The fraction of sp³-hybridized carbons (Fsp3) is 0.286. The van der Waals surface area contributed by atoms with E-state index in [2.05, 4.69) is 31.1 Å². The van der Waals surface area contributed by atoms with Crippen molar-refractivity contribution in [3.05, 3.63) is 89.5 Å². The lowest BCUT2D eigenvalue weighted by Crippen LogP contribution is -2.46. The van der Waals surface area contributed by atoms with Crippen LogP contribution in [0.1, 0.15) is 47.1 Å². The first-order valence-electron chi connectivity index (χ1n) is 12.9. The van der Waals surface area contributed by atoms with E-state index in [0.717, 1.165) is 49.3 Å². The maximum atomic E-state index is 14.6. The molecule has 4 N–H and O–H groups in total. The van der Waals surface area contributed by atoms with Crippen LogP contribution in [-0.2, 0) is 5.54 Å². The van der Waals surface area contributed by atoms with Gasteiger partial charge in [0.15, 0.2) is 23.2 Å². The van der Waals surface area contributed by atoms with Crippen molar-refractivity contribution in [2.45, 2.75) is 30.8 Å². The Labute approximate surface area is 223 Å². The summed E-state index contributed by atoms with van der Waals surface area (Å²) >= 11 is 0. The van der Waals surface area contributed by atoms with Crippen molar-refractivity contribution in [3.63, 3.8) is 0 Å². The van der Waals surface area contributed by atoms with Crippen molar-refractivity contribution in [1.82, 2.24) is 30.8 Å². The van der Waals surface area contributed by atoms with Crippen LogP contribution >= 0.6 is 0 Å². The number of ether oxygens (including phenoxy) is 1. The third kappa shape index (κ3) is 4.92. The minimum atomic E-state index is -0.704. The number of aromatic nitrogens is 4.